The molecule has 2 saturated carbocycles. The van der Waals surface area contributed by atoms with Crippen molar-refractivity contribution >= 4 is 27.3 Å². The third-order valence-corrected chi connectivity index (χ3v) is 9.80. The minimum absolute atomic E-state index is 0.0382. The van der Waals surface area contributed by atoms with E-state index in [0.717, 1.165) is 23.0 Å². The predicted octanol–water partition coefficient (Wildman–Crippen LogP) is 4.22. The minimum Gasteiger partial charge on any atom is -0.480 e. The van der Waals surface area contributed by atoms with E-state index in [1.807, 2.05) is 30.3 Å². The number of nitrogens with one attached hydrogen (secondary N) is 1. The number of thiophene rings is 1. The summed E-state index contributed by atoms with van der Waals surface area (Å²) in [6.07, 6.45) is 0.418. The Kier molecular flexibility index (Phi) is 4.53. The van der Waals surface area contributed by atoms with E-state index < -0.39 is 38.6 Å². The van der Waals surface area contributed by atoms with Gasteiger partial charge in [0.2, 0.25) is 5.76 Å². The number of aromatic nitrogens is 1. The summed E-state index contributed by atoms with van der Waals surface area (Å²) in [6.45, 7) is 4.82. The van der Waals surface area contributed by atoms with Crippen molar-refractivity contribution in [3.05, 3.63) is 72.5 Å². The number of alkyl halides is 2. The lowest BCUT2D eigenvalue weighted by Gasteiger charge is -2.27. The molecule has 4 unspecified atom stereocenters. The highest BCUT2D eigenvalue weighted by Gasteiger charge is 2.97. The molecule has 11 heteroatoms. The van der Waals surface area contributed by atoms with Gasteiger partial charge in [0.15, 0.2) is 0 Å². The Balaban J connectivity index is 1.39. The second-order valence-corrected chi connectivity index (χ2v) is 11.4. The van der Waals surface area contributed by atoms with Crippen LogP contribution < -0.4 is 4.72 Å². The number of halogens is 2. The minimum atomic E-state index is -4.20. The molecular weight excluding hydrogens is 474 g/mol. The number of allylic oxidation sites excluding steroid dienone is 1. The fraction of sp³-hybridized carbons (Fsp3) is 0.273. The largest absolute Gasteiger partial charge is 0.480 e. The van der Waals surface area contributed by atoms with Gasteiger partial charge in [-0.3, -0.25) is 4.79 Å². The maximum Gasteiger partial charge on any atom is 0.325 e. The number of carboxylic acid groups (broad SMARTS) is 1. The molecule has 2 aliphatic carbocycles. The first-order valence-electron chi connectivity index (χ1n) is 9.90. The Hall–Kier alpha value is -2.89. The summed E-state index contributed by atoms with van der Waals surface area (Å²) >= 11 is 0.780. The predicted molar refractivity (Wildman–Crippen MR) is 115 cm³/mol. The lowest BCUT2D eigenvalue weighted by atomic mass is 9.86. The van der Waals surface area contributed by atoms with Crippen LogP contribution in [0.4, 0.5) is 8.78 Å². The SMILES string of the molecule is C=CC(F)(F)c1cc(-c2ccc(S(=O)(=O)NC3(C(=O)O)C4C(c5ccccc5)C43C)s2)no1. The van der Waals surface area contributed by atoms with E-state index in [1.165, 1.54) is 12.1 Å². The van der Waals surface area contributed by atoms with E-state index in [9.17, 15) is 27.1 Å². The molecule has 172 valence electrons. The number of carboxylic acids is 1. The molecule has 0 amide bonds. The maximum absolute atomic E-state index is 13.7. The Morgan fingerprint density at radius 3 is 2.58 bits per heavy atom. The van der Waals surface area contributed by atoms with Crippen molar-refractivity contribution in [2.24, 2.45) is 11.3 Å². The highest BCUT2D eigenvalue weighted by Crippen LogP contribution is 2.89. The number of hydrogen-bond acceptors (Lipinski definition) is 6. The summed E-state index contributed by atoms with van der Waals surface area (Å²) in [5, 5.41) is 13.5. The fourth-order valence-corrected chi connectivity index (χ4v) is 7.61. The molecule has 0 aliphatic heterocycles. The van der Waals surface area contributed by atoms with E-state index >= 15 is 0 Å². The van der Waals surface area contributed by atoms with Gasteiger partial charge in [-0.2, -0.15) is 13.5 Å². The van der Waals surface area contributed by atoms with Gasteiger partial charge in [0.25, 0.3) is 10.0 Å². The first-order valence-corrected chi connectivity index (χ1v) is 12.2. The molecule has 3 aromatic rings. The second kappa shape index (κ2) is 6.81. The summed E-state index contributed by atoms with van der Waals surface area (Å²) in [6, 6.07) is 13.1. The van der Waals surface area contributed by atoms with E-state index in [4.69, 9.17) is 0 Å². The number of benzene rings is 1. The Morgan fingerprint density at radius 1 is 1.30 bits per heavy atom. The van der Waals surface area contributed by atoms with E-state index in [2.05, 4.69) is 21.0 Å². The number of aliphatic carboxylic acids is 1. The molecule has 2 aliphatic rings. The van der Waals surface area contributed by atoms with Crippen molar-refractivity contribution in [1.29, 1.82) is 0 Å². The van der Waals surface area contributed by atoms with Crippen LogP contribution >= 0.6 is 11.3 Å². The molecule has 0 saturated heterocycles. The molecule has 0 radical (unpaired) electrons. The molecule has 2 N–H and O–H groups in total. The molecule has 0 bridgehead atoms. The second-order valence-electron chi connectivity index (χ2n) is 8.39. The Labute approximate surface area is 191 Å². The lowest BCUT2D eigenvalue weighted by Crippen LogP contribution is -2.52. The van der Waals surface area contributed by atoms with Gasteiger partial charge < -0.3 is 9.63 Å². The van der Waals surface area contributed by atoms with Gasteiger partial charge in [-0.15, -0.1) is 11.3 Å². The topological polar surface area (TPSA) is 110 Å². The first-order chi connectivity index (χ1) is 15.5. The number of nitrogens with zero attached hydrogens (tertiary/aromatic N) is 1. The summed E-state index contributed by atoms with van der Waals surface area (Å²) in [5.74, 6) is -5.76. The number of hydrogen-bond donors (Lipinski definition) is 2. The first kappa shape index (κ1) is 21.9. The number of rotatable bonds is 8. The van der Waals surface area contributed by atoms with Gasteiger partial charge in [-0.1, -0.05) is 49.0 Å². The molecule has 0 spiro atoms. The van der Waals surface area contributed by atoms with Crippen LogP contribution in [-0.2, 0) is 20.7 Å². The molecule has 2 heterocycles. The quantitative estimate of drug-likeness (QED) is 0.456. The van der Waals surface area contributed by atoms with Crippen molar-refractivity contribution in [3.63, 3.8) is 0 Å². The van der Waals surface area contributed by atoms with Crippen molar-refractivity contribution in [2.45, 2.75) is 28.5 Å². The summed E-state index contributed by atoms with van der Waals surface area (Å²) in [5.41, 5.74) is -1.32. The Bertz CT molecular complexity index is 1380. The standard InChI is InChI=1S/C22H18F2N2O5S2/c1-3-21(23,24)15-11-13(25-31-15)14-9-10-16(32-14)33(29,30)26-22(19(27)28)18-17(20(18,22)2)12-7-5-4-6-8-12/h3-11,17-18,26H,1H2,2H3,(H,27,28). The van der Waals surface area contributed by atoms with Crippen LogP contribution in [0, 0.1) is 11.3 Å². The van der Waals surface area contributed by atoms with E-state index in [0.29, 0.717) is 6.08 Å². The molecule has 2 aromatic heterocycles. The molecule has 1 aromatic carbocycles. The molecular formula is C22H18F2N2O5S2. The smallest absolute Gasteiger partial charge is 0.325 e. The molecule has 2 fully saturated rings. The lowest BCUT2D eigenvalue weighted by molar-refractivity contribution is -0.142. The Morgan fingerprint density at radius 2 is 1.97 bits per heavy atom. The summed E-state index contributed by atoms with van der Waals surface area (Å²) in [4.78, 5) is 12.4. The van der Waals surface area contributed by atoms with Gasteiger partial charge >= 0.3 is 11.9 Å². The van der Waals surface area contributed by atoms with Gasteiger partial charge in [0, 0.05) is 17.4 Å². The van der Waals surface area contributed by atoms with Gasteiger partial charge in [-0.25, -0.2) is 8.42 Å². The van der Waals surface area contributed by atoms with Crippen LogP contribution in [0.1, 0.15) is 24.2 Å². The average molecular weight is 493 g/mol. The van der Waals surface area contributed by atoms with Crippen LogP contribution in [0.5, 0.6) is 0 Å². The van der Waals surface area contributed by atoms with Crippen LogP contribution in [0.15, 0.2) is 69.9 Å². The zero-order valence-corrected chi connectivity index (χ0v) is 18.8. The van der Waals surface area contributed by atoms with Gasteiger partial charge in [0.05, 0.1) is 4.88 Å². The number of carbonyl (C=O) groups is 1. The monoisotopic (exact) mass is 492 g/mol. The number of sulfonamides is 1. The van der Waals surface area contributed by atoms with Gasteiger partial charge in [-0.05, 0) is 29.7 Å². The zero-order valence-electron chi connectivity index (χ0n) is 17.2. The van der Waals surface area contributed by atoms with E-state index in [1.54, 1.807) is 6.92 Å². The summed E-state index contributed by atoms with van der Waals surface area (Å²) < 4.78 is 60.4. The maximum atomic E-state index is 13.7. The normalized spacial score (nSPS) is 28.2. The van der Waals surface area contributed by atoms with Crippen molar-refractivity contribution in [1.82, 2.24) is 9.88 Å². The van der Waals surface area contributed by atoms with Crippen molar-refractivity contribution < 1.29 is 31.6 Å². The molecule has 4 atom stereocenters. The van der Waals surface area contributed by atoms with E-state index in [-0.39, 0.29) is 26.6 Å². The molecule has 5 rings (SSSR count). The van der Waals surface area contributed by atoms with Gasteiger partial charge in [0.1, 0.15) is 15.4 Å². The van der Waals surface area contributed by atoms with Crippen molar-refractivity contribution in [3.8, 4) is 10.6 Å². The van der Waals surface area contributed by atoms with Crippen LogP contribution in [-0.4, -0.2) is 30.2 Å². The van der Waals surface area contributed by atoms with Crippen LogP contribution in [0.3, 0.4) is 0 Å². The highest BCUT2D eigenvalue weighted by atomic mass is 32.2. The van der Waals surface area contributed by atoms with Crippen LogP contribution in [0.2, 0.25) is 0 Å². The fourth-order valence-electron chi connectivity index (χ4n) is 4.88. The third kappa shape index (κ3) is 2.95. The molecule has 7 nitrogen and oxygen atoms in total. The number of fused-ring (bicyclic) bond motifs is 1. The zero-order chi connectivity index (χ0) is 23.8. The molecule has 33 heavy (non-hydrogen) atoms. The van der Waals surface area contributed by atoms with Crippen molar-refractivity contribution in [2.75, 3.05) is 0 Å². The summed E-state index contributed by atoms with van der Waals surface area (Å²) in [7, 11) is -4.20. The van der Waals surface area contributed by atoms with Crippen LogP contribution in [0.25, 0.3) is 10.6 Å². The third-order valence-electron chi connectivity index (χ3n) is 6.73. The highest BCUT2D eigenvalue weighted by molar-refractivity contribution is 7.91. The average Bonchev–Trinajstić information content (AvgIpc) is 3.30.